The van der Waals surface area contributed by atoms with Crippen LogP contribution in [0.1, 0.15) is 18.3 Å². The molecule has 1 rings (SSSR count). The molecule has 0 radical (unpaired) electrons. The summed E-state index contributed by atoms with van der Waals surface area (Å²) >= 11 is 0. The topological polar surface area (TPSA) is 50.2 Å². The van der Waals surface area contributed by atoms with Gasteiger partial charge in [-0.2, -0.15) is 5.10 Å². The highest BCUT2D eigenvalue weighted by atomic mass is 15.3. The number of anilines is 1. The van der Waals surface area contributed by atoms with Crippen molar-refractivity contribution in [2.75, 3.05) is 5.43 Å². The molecule has 0 saturated carbocycles. The molecule has 0 spiro atoms. The summed E-state index contributed by atoms with van der Waals surface area (Å²) in [5.41, 5.74) is 4.61. The van der Waals surface area contributed by atoms with Gasteiger partial charge in [0, 0.05) is 17.6 Å². The quantitative estimate of drug-likeness (QED) is 0.532. The van der Waals surface area contributed by atoms with Crippen LogP contribution in [0.2, 0.25) is 0 Å². The van der Waals surface area contributed by atoms with E-state index in [-0.39, 0.29) is 0 Å². The predicted molar refractivity (Wildman–Crippen MR) is 49.3 cm³/mol. The third-order valence-electron chi connectivity index (χ3n) is 1.28. The number of hydrazone groups is 1. The van der Waals surface area contributed by atoms with E-state index >= 15 is 0 Å². The van der Waals surface area contributed by atoms with Crippen molar-refractivity contribution in [1.82, 2.24) is 9.97 Å². The van der Waals surface area contributed by atoms with Crippen LogP contribution in [-0.4, -0.2) is 16.2 Å². The van der Waals surface area contributed by atoms with Crippen LogP contribution in [0, 0.1) is 13.8 Å². The van der Waals surface area contributed by atoms with Gasteiger partial charge in [-0.25, -0.2) is 15.4 Å². The van der Waals surface area contributed by atoms with Crippen LogP contribution in [0.5, 0.6) is 0 Å². The summed E-state index contributed by atoms with van der Waals surface area (Å²) in [6.45, 7) is 5.68. The Hall–Kier alpha value is -1.45. The molecule has 64 valence electrons. The molecule has 1 N–H and O–H groups in total. The molecule has 0 amide bonds. The summed E-state index contributed by atoms with van der Waals surface area (Å²) in [6, 6.07) is 1.92. The minimum absolute atomic E-state index is 0.547. The minimum atomic E-state index is 0.547. The average molecular weight is 164 g/mol. The van der Waals surface area contributed by atoms with Crippen molar-refractivity contribution in [3.8, 4) is 0 Å². The van der Waals surface area contributed by atoms with Gasteiger partial charge in [0.15, 0.2) is 0 Å². The fourth-order valence-electron chi connectivity index (χ4n) is 0.898. The molecule has 0 aliphatic rings. The predicted octanol–water partition coefficient (Wildman–Crippen LogP) is 1.51. The van der Waals surface area contributed by atoms with Crippen molar-refractivity contribution in [2.24, 2.45) is 5.10 Å². The summed E-state index contributed by atoms with van der Waals surface area (Å²) in [5, 5.41) is 3.82. The van der Waals surface area contributed by atoms with E-state index in [1.165, 1.54) is 0 Å². The molecule has 0 fully saturated rings. The van der Waals surface area contributed by atoms with Crippen molar-refractivity contribution in [1.29, 1.82) is 0 Å². The van der Waals surface area contributed by atoms with Gasteiger partial charge in [-0.1, -0.05) is 0 Å². The van der Waals surface area contributed by atoms with Crippen molar-refractivity contribution in [3.63, 3.8) is 0 Å². The highest BCUT2D eigenvalue weighted by molar-refractivity contribution is 5.54. The summed E-state index contributed by atoms with van der Waals surface area (Å²) in [7, 11) is 0. The van der Waals surface area contributed by atoms with E-state index in [0.29, 0.717) is 5.95 Å². The smallest absolute Gasteiger partial charge is 0.243 e. The molecular formula is C8H12N4. The van der Waals surface area contributed by atoms with E-state index in [1.807, 2.05) is 26.8 Å². The lowest BCUT2D eigenvalue weighted by atomic mass is 10.4. The third kappa shape index (κ3) is 2.30. The lowest BCUT2D eigenvalue weighted by Gasteiger charge is -2.00. The van der Waals surface area contributed by atoms with Crippen molar-refractivity contribution in [2.45, 2.75) is 20.8 Å². The van der Waals surface area contributed by atoms with Crippen molar-refractivity contribution in [3.05, 3.63) is 17.5 Å². The zero-order valence-corrected chi connectivity index (χ0v) is 7.50. The Morgan fingerprint density at radius 2 is 1.92 bits per heavy atom. The van der Waals surface area contributed by atoms with Gasteiger partial charge in [0.1, 0.15) is 0 Å². The van der Waals surface area contributed by atoms with Gasteiger partial charge in [-0.05, 0) is 26.8 Å². The Morgan fingerprint density at radius 1 is 1.33 bits per heavy atom. The maximum atomic E-state index is 4.14. The number of hydrogen-bond acceptors (Lipinski definition) is 4. The van der Waals surface area contributed by atoms with E-state index in [1.54, 1.807) is 6.21 Å². The molecule has 4 heteroatoms. The van der Waals surface area contributed by atoms with Gasteiger partial charge in [0.2, 0.25) is 5.95 Å². The zero-order valence-electron chi connectivity index (χ0n) is 7.50. The first-order valence-electron chi connectivity index (χ1n) is 3.78. The molecule has 0 bridgehead atoms. The largest absolute Gasteiger partial charge is 0.246 e. The van der Waals surface area contributed by atoms with Crippen LogP contribution in [0.15, 0.2) is 11.2 Å². The monoisotopic (exact) mass is 164 g/mol. The second kappa shape index (κ2) is 3.80. The van der Waals surface area contributed by atoms with Gasteiger partial charge in [-0.15, -0.1) is 0 Å². The van der Waals surface area contributed by atoms with Crippen LogP contribution in [0.3, 0.4) is 0 Å². The van der Waals surface area contributed by atoms with E-state index in [9.17, 15) is 0 Å². The molecule has 0 atom stereocenters. The Morgan fingerprint density at radius 3 is 2.42 bits per heavy atom. The highest BCUT2D eigenvalue weighted by Crippen LogP contribution is 2.02. The zero-order chi connectivity index (χ0) is 8.97. The summed E-state index contributed by atoms with van der Waals surface area (Å²) in [6.07, 6.45) is 1.65. The van der Waals surface area contributed by atoms with Crippen LogP contribution < -0.4 is 5.43 Å². The molecule has 0 aliphatic heterocycles. The Labute approximate surface area is 71.7 Å². The first-order valence-corrected chi connectivity index (χ1v) is 3.78. The molecule has 0 aliphatic carbocycles. The summed E-state index contributed by atoms with van der Waals surface area (Å²) in [4.78, 5) is 8.27. The maximum Gasteiger partial charge on any atom is 0.243 e. The number of aromatic nitrogens is 2. The van der Waals surface area contributed by atoms with E-state index in [4.69, 9.17) is 0 Å². The first-order chi connectivity index (χ1) is 5.72. The van der Waals surface area contributed by atoms with E-state index in [0.717, 1.165) is 11.4 Å². The molecule has 4 nitrogen and oxygen atoms in total. The third-order valence-corrected chi connectivity index (χ3v) is 1.28. The number of nitrogens with one attached hydrogen (secondary N) is 1. The van der Waals surface area contributed by atoms with Crippen molar-refractivity contribution >= 4 is 12.2 Å². The normalized spacial score (nSPS) is 10.6. The molecule has 1 aromatic rings. The molecule has 1 heterocycles. The van der Waals surface area contributed by atoms with Gasteiger partial charge < -0.3 is 0 Å². The number of nitrogens with zero attached hydrogens (tertiary/aromatic N) is 3. The first kappa shape index (κ1) is 8.64. The van der Waals surface area contributed by atoms with E-state index in [2.05, 4.69) is 20.5 Å². The number of aryl methyl sites for hydroxylation is 2. The lowest BCUT2D eigenvalue weighted by molar-refractivity contribution is 1.03. The van der Waals surface area contributed by atoms with Gasteiger partial charge in [0.25, 0.3) is 0 Å². The fraction of sp³-hybridized carbons (Fsp3) is 0.375. The second-order valence-electron chi connectivity index (χ2n) is 2.47. The Bertz CT molecular complexity index is 273. The van der Waals surface area contributed by atoms with Crippen LogP contribution in [0.25, 0.3) is 0 Å². The molecule has 0 unspecified atom stereocenters. The van der Waals surface area contributed by atoms with E-state index < -0.39 is 0 Å². The molecule has 12 heavy (non-hydrogen) atoms. The van der Waals surface area contributed by atoms with Gasteiger partial charge in [0.05, 0.1) is 0 Å². The molecular weight excluding hydrogens is 152 g/mol. The molecule has 0 saturated heterocycles. The SMILES string of the molecule is CC=NNc1nc(C)cc(C)n1. The number of hydrogen-bond donors (Lipinski definition) is 1. The number of rotatable bonds is 2. The Kier molecular flexibility index (Phi) is 2.74. The molecule has 1 aromatic heterocycles. The summed E-state index contributed by atoms with van der Waals surface area (Å²) < 4.78 is 0. The standard InChI is InChI=1S/C8H12N4/c1-4-9-12-8-10-6(2)5-7(3)11-8/h4-5H,1-3H3,(H,10,11,12). The fourth-order valence-corrected chi connectivity index (χ4v) is 0.898. The van der Waals surface area contributed by atoms with Crippen molar-refractivity contribution < 1.29 is 0 Å². The summed E-state index contributed by atoms with van der Waals surface area (Å²) in [5.74, 6) is 0.547. The lowest BCUT2D eigenvalue weighted by Crippen LogP contribution is -1.98. The van der Waals surface area contributed by atoms with Gasteiger partial charge in [-0.3, -0.25) is 0 Å². The van der Waals surface area contributed by atoms with Crippen LogP contribution >= 0.6 is 0 Å². The molecule has 0 aromatic carbocycles. The second-order valence-corrected chi connectivity index (χ2v) is 2.47. The van der Waals surface area contributed by atoms with Gasteiger partial charge >= 0.3 is 0 Å². The minimum Gasteiger partial charge on any atom is -0.246 e. The Balaban J connectivity index is 2.85. The van der Waals surface area contributed by atoms with Crippen LogP contribution in [-0.2, 0) is 0 Å². The highest BCUT2D eigenvalue weighted by Gasteiger charge is 1.95. The average Bonchev–Trinajstić information content (AvgIpc) is 1.99. The maximum absolute atomic E-state index is 4.14. The van der Waals surface area contributed by atoms with Crippen LogP contribution in [0.4, 0.5) is 5.95 Å².